The molecule has 2 heterocycles. The minimum atomic E-state index is 0. The van der Waals surface area contributed by atoms with E-state index in [0.29, 0.717) is 11.3 Å². The van der Waals surface area contributed by atoms with Crippen molar-refractivity contribution >= 4 is 18.3 Å². The van der Waals surface area contributed by atoms with Crippen LogP contribution in [-0.2, 0) is 4.79 Å². The second kappa shape index (κ2) is 8.91. The first-order valence-electron chi connectivity index (χ1n) is 9.34. The second-order valence-corrected chi connectivity index (χ2v) is 7.44. The summed E-state index contributed by atoms with van der Waals surface area (Å²) >= 11 is 0. The molecule has 1 atom stereocenters. The third-order valence-corrected chi connectivity index (χ3v) is 5.92. The Kier molecular flexibility index (Phi) is 7.14. The molecule has 0 aliphatic carbocycles. The number of likely N-dealkylation sites (tertiary alicyclic amines) is 1. The monoisotopic (exact) mass is 366 g/mol. The number of para-hydroxylation sites is 1. The molecule has 1 amide bonds. The number of halogens is 1. The van der Waals surface area contributed by atoms with Crippen LogP contribution in [0.2, 0.25) is 0 Å². The lowest BCUT2D eigenvalue weighted by Crippen LogP contribution is -2.45. The summed E-state index contributed by atoms with van der Waals surface area (Å²) in [6.45, 7) is 8.52. The van der Waals surface area contributed by atoms with Crippen molar-refractivity contribution in [2.24, 2.45) is 5.41 Å². The SMILES string of the molecule is CCC(C)c1ccccc1OCC(=O)N1CCC2(CCNC2)CC1.Cl. The molecule has 5 heteroatoms. The zero-order valence-corrected chi connectivity index (χ0v) is 16.2. The quantitative estimate of drug-likeness (QED) is 0.865. The molecule has 1 aromatic carbocycles. The van der Waals surface area contributed by atoms with Crippen LogP contribution in [0.15, 0.2) is 24.3 Å². The lowest BCUT2D eigenvalue weighted by molar-refractivity contribution is -0.135. The van der Waals surface area contributed by atoms with E-state index in [1.165, 1.54) is 12.0 Å². The standard InChI is InChI=1S/C20H30N2O2.ClH/c1-3-16(2)17-6-4-5-7-18(17)24-14-19(23)22-12-9-20(10-13-22)8-11-21-15-20;/h4-7,16,21H,3,8-15H2,1-2H3;1H. The fourth-order valence-corrected chi connectivity index (χ4v) is 3.92. The van der Waals surface area contributed by atoms with E-state index in [-0.39, 0.29) is 24.9 Å². The van der Waals surface area contributed by atoms with Crippen molar-refractivity contribution in [3.05, 3.63) is 29.8 Å². The lowest BCUT2D eigenvalue weighted by atomic mass is 9.78. The van der Waals surface area contributed by atoms with E-state index in [0.717, 1.165) is 51.2 Å². The van der Waals surface area contributed by atoms with Gasteiger partial charge in [0.1, 0.15) is 5.75 Å². The number of piperidine rings is 1. The van der Waals surface area contributed by atoms with Gasteiger partial charge < -0.3 is 15.0 Å². The molecule has 1 unspecified atom stereocenters. The number of benzene rings is 1. The summed E-state index contributed by atoms with van der Waals surface area (Å²) < 4.78 is 5.89. The molecule has 1 aromatic rings. The molecule has 4 nitrogen and oxygen atoms in total. The summed E-state index contributed by atoms with van der Waals surface area (Å²) in [5.41, 5.74) is 1.64. The number of hydrogen-bond donors (Lipinski definition) is 1. The number of rotatable bonds is 5. The Bertz CT molecular complexity index is 563. The van der Waals surface area contributed by atoms with Gasteiger partial charge in [-0.1, -0.05) is 32.0 Å². The molecule has 2 fully saturated rings. The first-order chi connectivity index (χ1) is 11.6. The van der Waals surface area contributed by atoms with Gasteiger partial charge in [0, 0.05) is 19.6 Å². The maximum atomic E-state index is 12.5. The van der Waals surface area contributed by atoms with E-state index in [1.54, 1.807) is 0 Å². The Morgan fingerprint density at radius 1 is 1.28 bits per heavy atom. The van der Waals surface area contributed by atoms with E-state index in [4.69, 9.17) is 4.74 Å². The number of carbonyl (C=O) groups is 1. The Hall–Kier alpha value is -1.26. The molecule has 2 aliphatic rings. The van der Waals surface area contributed by atoms with Gasteiger partial charge in [0.25, 0.3) is 5.91 Å². The van der Waals surface area contributed by atoms with Gasteiger partial charge in [-0.2, -0.15) is 0 Å². The maximum absolute atomic E-state index is 12.5. The third-order valence-electron chi connectivity index (χ3n) is 5.92. The molecule has 2 saturated heterocycles. The Balaban J connectivity index is 0.00000225. The summed E-state index contributed by atoms with van der Waals surface area (Å²) in [7, 11) is 0. The zero-order chi connectivity index (χ0) is 17.0. The highest BCUT2D eigenvalue weighted by molar-refractivity contribution is 5.85. The zero-order valence-electron chi connectivity index (χ0n) is 15.4. The Morgan fingerprint density at radius 2 is 2.00 bits per heavy atom. The average Bonchev–Trinajstić information content (AvgIpc) is 3.08. The lowest BCUT2D eigenvalue weighted by Gasteiger charge is -2.38. The van der Waals surface area contributed by atoms with E-state index in [2.05, 4.69) is 25.2 Å². The number of nitrogens with one attached hydrogen (secondary N) is 1. The van der Waals surface area contributed by atoms with Crippen LogP contribution in [0.3, 0.4) is 0 Å². The fourth-order valence-electron chi connectivity index (χ4n) is 3.92. The molecule has 3 rings (SSSR count). The van der Waals surface area contributed by atoms with Crippen molar-refractivity contribution in [1.82, 2.24) is 10.2 Å². The summed E-state index contributed by atoms with van der Waals surface area (Å²) in [4.78, 5) is 14.5. The maximum Gasteiger partial charge on any atom is 0.260 e. The number of hydrogen-bond acceptors (Lipinski definition) is 3. The van der Waals surface area contributed by atoms with Crippen LogP contribution in [0, 0.1) is 5.41 Å². The van der Waals surface area contributed by atoms with Crippen LogP contribution in [0.5, 0.6) is 5.75 Å². The molecule has 1 N–H and O–H groups in total. The summed E-state index contributed by atoms with van der Waals surface area (Å²) in [5.74, 6) is 1.42. The third kappa shape index (κ3) is 4.68. The minimum Gasteiger partial charge on any atom is -0.483 e. The predicted molar refractivity (Wildman–Crippen MR) is 104 cm³/mol. The van der Waals surface area contributed by atoms with Gasteiger partial charge in [-0.05, 0) is 55.2 Å². The predicted octanol–water partition coefficient (Wildman–Crippen LogP) is 3.60. The van der Waals surface area contributed by atoms with Crippen molar-refractivity contribution < 1.29 is 9.53 Å². The average molecular weight is 367 g/mol. The first kappa shape index (κ1) is 20.1. The van der Waals surface area contributed by atoms with Crippen molar-refractivity contribution in [3.8, 4) is 5.75 Å². The van der Waals surface area contributed by atoms with Crippen LogP contribution in [0.25, 0.3) is 0 Å². The normalized spacial score (nSPS) is 20.2. The van der Waals surface area contributed by atoms with Gasteiger partial charge in [0.05, 0.1) is 0 Å². The first-order valence-corrected chi connectivity index (χ1v) is 9.34. The molecule has 0 bridgehead atoms. The highest BCUT2D eigenvalue weighted by Gasteiger charge is 2.38. The van der Waals surface area contributed by atoms with Gasteiger partial charge in [0.15, 0.2) is 6.61 Å². The van der Waals surface area contributed by atoms with Gasteiger partial charge in [-0.25, -0.2) is 0 Å². The Labute approximate surface area is 157 Å². The summed E-state index contributed by atoms with van der Waals surface area (Å²) in [5, 5.41) is 3.47. The van der Waals surface area contributed by atoms with Gasteiger partial charge in [-0.3, -0.25) is 4.79 Å². The molecule has 2 aliphatic heterocycles. The highest BCUT2D eigenvalue weighted by atomic mass is 35.5. The minimum absolute atomic E-state index is 0. The molecule has 25 heavy (non-hydrogen) atoms. The van der Waals surface area contributed by atoms with Crippen LogP contribution in [-0.4, -0.2) is 43.6 Å². The molecule has 0 radical (unpaired) electrons. The summed E-state index contributed by atoms with van der Waals surface area (Å²) in [6, 6.07) is 8.09. The Morgan fingerprint density at radius 3 is 2.64 bits per heavy atom. The smallest absolute Gasteiger partial charge is 0.260 e. The molecule has 0 saturated carbocycles. The molecule has 1 spiro atoms. The molecular weight excluding hydrogens is 336 g/mol. The van der Waals surface area contributed by atoms with Crippen LogP contribution in [0.4, 0.5) is 0 Å². The van der Waals surface area contributed by atoms with Gasteiger partial charge >= 0.3 is 0 Å². The second-order valence-electron chi connectivity index (χ2n) is 7.44. The van der Waals surface area contributed by atoms with Crippen molar-refractivity contribution in [1.29, 1.82) is 0 Å². The molecule has 140 valence electrons. The number of carbonyl (C=O) groups excluding carboxylic acids is 1. The fraction of sp³-hybridized carbons (Fsp3) is 0.650. The van der Waals surface area contributed by atoms with Gasteiger partial charge in [-0.15, -0.1) is 12.4 Å². The largest absolute Gasteiger partial charge is 0.483 e. The topological polar surface area (TPSA) is 41.6 Å². The molecule has 0 aromatic heterocycles. The van der Waals surface area contributed by atoms with E-state index in [1.807, 2.05) is 23.1 Å². The highest BCUT2D eigenvalue weighted by Crippen LogP contribution is 2.37. The van der Waals surface area contributed by atoms with Crippen LogP contribution < -0.4 is 10.1 Å². The summed E-state index contributed by atoms with van der Waals surface area (Å²) in [6.07, 6.45) is 4.56. The van der Waals surface area contributed by atoms with E-state index < -0.39 is 0 Å². The van der Waals surface area contributed by atoms with E-state index >= 15 is 0 Å². The van der Waals surface area contributed by atoms with Crippen LogP contribution in [0.1, 0.15) is 51.0 Å². The van der Waals surface area contributed by atoms with Crippen LogP contribution >= 0.6 is 12.4 Å². The number of ether oxygens (including phenoxy) is 1. The van der Waals surface area contributed by atoms with Crippen molar-refractivity contribution in [2.75, 3.05) is 32.8 Å². The van der Waals surface area contributed by atoms with Crippen molar-refractivity contribution in [2.45, 2.75) is 45.4 Å². The number of amides is 1. The van der Waals surface area contributed by atoms with Crippen molar-refractivity contribution in [3.63, 3.8) is 0 Å². The van der Waals surface area contributed by atoms with Gasteiger partial charge in [0.2, 0.25) is 0 Å². The number of nitrogens with zero attached hydrogens (tertiary/aromatic N) is 1. The molecular formula is C20H31ClN2O2. The van der Waals surface area contributed by atoms with E-state index in [9.17, 15) is 4.79 Å².